The lowest BCUT2D eigenvalue weighted by atomic mass is 9.91. The SMILES string of the molecule is O=C(c1ccncc1)N1CCO[C@H]2CCN(CC3CC=CCC3)C[C@@H]21.O=CO. The number of likely N-dealkylation sites (tertiary alicyclic amines) is 1. The Hall–Kier alpha value is -2.25. The number of amides is 1. The van der Waals surface area contributed by atoms with Crippen LogP contribution in [0.3, 0.4) is 0 Å². The Morgan fingerprint density at radius 1 is 1.25 bits per heavy atom. The van der Waals surface area contributed by atoms with Gasteiger partial charge in [-0.05, 0) is 43.7 Å². The van der Waals surface area contributed by atoms with Gasteiger partial charge in [0.05, 0.1) is 18.8 Å². The smallest absolute Gasteiger partial charge is 0.290 e. The number of carboxylic acid groups (broad SMARTS) is 1. The van der Waals surface area contributed by atoms with Crippen LogP contribution < -0.4 is 0 Å². The van der Waals surface area contributed by atoms with Gasteiger partial charge in [-0.15, -0.1) is 0 Å². The maximum atomic E-state index is 13.0. The molecule has 0 radical (unpaired) electrons. The highest BCUT2D eigenvalue weighted by atomic mass is 16.5. The van der Waals surface area contributed by atoms with E-state index in [1.54, 1.807) is 12.4 Å². The first-order valence-corrected chi connectivity index (χ1v) is 10.0. The number of ether oxygens (including phenoxy) is 1. The first-order valence-electron chi connectivity index (χ1n) is 10.0. The molecule has 1 aromatic rings. The van der Waals surface area contributed by atoms with E-state index in [4.69, 9.17) is 14.6 Å². The van der Waals surface area contributed by atoms with Crippen molar-refractivity contribution < 1.29 is 19.4 Å². The van der Waals surface area contributed by atoms with Crippen molar-refractivity contribution in [3.05, 3.63) is 42.2 Å². The van der Waals surface area contributed by atoms with Gasteiger partial charge in [0.15, 0.2) is 0 Å². The summed E-state index contributed by atoms with van der Waals surface area (Å²) in [6, 6.07) is 3.78. The fourth-order valence-electron chi connectivity index (χ4n) is 4.40. The van der Waals surface area contributed by atoms with Gasteiger partial charge >= 0.3 is 0 Å². The minimum atomic E-state index is -0.250. The van der Waals surface area contributed by atoms with Crippen molar-refractivity contribution in [1.82, 2.24) is 14.8 Å². The molecule has 7 nitrogen and oxygen atoms in total. The Kier molecular flexibility index (Phi) is 7.56. The summed E-state index contributed by atoms with van der Waals surface area (Å²) in [7, 11) is 0. The number of nitrogens with zero attached hydrogens (tertiary/aromatic N) is 3. The van der Waals surface area contributed by atoms with Crippen LogP contribution in [-0.2, 0) is 9.53 Å². The van der Waals surface area contributed by atoms with E-state index >= 15 is 0 Å². The molecule has 1 amide bonds. The van der Waals surface area contributed by atoms with Gasteiger partial charge in [-0.1, -0.05) is 12.2 Å². The number of hydrogen-bond donors (Lipinski definition) is 1. The third-order valence-corrected chi connectivity index (χ3v) is 5.75. The van der Waals surface area contributed by atoms with E-state index in [9.17, 15) is 4.79 Å². The van der Waals surface area contributed by atoms with Gasteiger partial charge in [-0.25, -0.2) is 0 Å². The molecule has 28 heavy (non-hydrogen) atoms. The number of aromatic nitrogens is 1. The second kappa shape index (κ2) is 10.3. The lowest BCUT2D eigenvalue weighted by Gasteiger charge is -2.47. The van der Waals surface area contributed by atoms with Gasteiger partial charge < -0.3 is 19.6 Å². The number of hydrogen-bond acceptors (Lipinski definition) is 5. The zero-order valence-corrected chi connectivity index (χ0v) is 16.2. The molecule has 2 aliphatic heterocycles. The summed E-state index contributed by atoms with van der Waals surface area (Å²) < 4.78 is 5.99. The Morgan fingerprint density at radius 2 is 2.04 bits per heavy atom. The monoisotopic (exact) mass is 387 g/mol. The molecule has 0 spiro atoms. The van der Waals surface area contributed by atoms with Crippen molar-refractivity contribution in [2.24, 2.45) is 5.92 Å². The average molecular weight is 387 g/mol. The third kappa shape index (κ3) is 5.17. The molecule has 1 unspecified atom stereocenters. The Labute approximate surface area is 166 Å². The lowest BCUT2D eigenvalue weighted by molar-refractivity contribution is -0.122. The van der Waals surface area contributed by atoms with E-state index < -0.39 is 0 Å². The molecule has 3 heterocycles. The van der Waals surface area contributed by atoms with Gasteiger partial charge in [-0.2, -0.15) is 0 Å². The van der Waals surface area contributed by atoms with Crippen LogP contribution in [-0.4, -0.2) is 77.2 Å². The van der Waals surface area contributed by atoms with E-state index in [-0.39, 0.29) is 24.5 Å². The second-order valence-electron chi connectivity index (χ2n) is 7.52. The van der Waals surface area contributed by atoms with Gasteiger partial charge in [0, 0.05) is 44.1 Å². The Balaban J connectivity index is 0.000000706. The number of carbonyl (C=O) groups excluding carboxylic acids is 1. The highest BCUT2D eigenvalue weighted by molar-refractivity contribution is 5.94. The van der Waals surface area contributed by atoms with Gasteiger partial charge in [-0.3, -0.25) is 14.6 Å². The topological polar surface area (TPSA) is 83.0 Å². The molecule has 0 saturated carbocycles. The molecular formula is C21H29N3O4. The predicted octanol–water partition coefficient (Wildman–Crippen LogP) is 2.05. The Bertz CT molecular complexity index is 667. The molecule has 3 aliphatic rings. The first kappa shape index (κ1) is 20.5. The highest BCUT2D eigenvalue weighted by Gasteiger charge is 2.39. The molecular weight excluding hydrogens is 358 g/mol. The molecule has 3 atom stereocenters. The van der Waals surface area contributed by atoms with Crippen LogP contribution in [0.15, 0.2) is 36.7 Å². The summed E-state index contributed by atoms with van der Waals surface area (Å²) in [6.45, 7) is 4.24. The summed E-state index contributed by atoms with van der Waals surface area (Å²) >= 11 is 0. The maximum absolute atomic E-state index is 13.0. The van der Waals surface area contributed by atoms with Crippen LogP contribution in [0, 0.1) is 5.92 Å². The van der Waals surface area contributed by atoms with Crippen LogP contribution in [0.25, 0.3) is 0 Å². The minimum Gasteiger partial charge on any atom is -0.483 e. The molecule has 4 rings (SSSR count). The molecule has 1 aliphatic carbocycles. The van der Waals surface area contributed by atoms with E-state index in [0.717, 1.165) is 37.5 Å². The van der Waals surface area contributed by atoms with Crippen molar-refractivity contribution in [3.8, 4) is 0 Å². The van der Waals surface area contributed by atoms with E-state index in [2.05, 4.69) is 22.0 Å². The molecule has 1 aromatic heterocycles. The van der Waals surface area contributed by atoms with Gasteiger partial charge in [0.25, 0.3) is 12.4 Å². The van der Waals surface area contributed by atoms with Crippen LogP contribution in [0.5, 0.6) is 0 Å². The molecule has 1 N–H and O–H groups in total. The quantitative estimate of drug-likeness (QED) is 0.631. The third-order valence-electron chi connectivity index (χ3n) is 5.75. The number of pyridine rings is 1. The fourth-order valence-corrected chi connectivity index (χ4v) is 4.40. The summed E-state index contributed by atoms with van der Waals surface area (Å²) in [5.74, 6) is 0.874. The van der Waals surface area contributed by atoms with Crippen LogP contribution in [0.4, 0.5) is 0 Å². The highest BCUT2D eigenvalue weighted by Crippen LogP contribution is 2.27. The van der Waals surface area contributed by atoms with Crippen molar-refractivity contribution in [1.29, 1.82) is 0 Å². The van der Waals surface area contributed by atoms with Crippen molar-refractivity contribution in [2.45, 2.75) is 37.8 Å². The number of fused-ring (bicyclic) bond motifs is 1. The zero-order chi connectivity index (χ0) is 19.8. The number of allylic oxidation sites excluding steroid dienone is 2. The second-order valence-corrected chi connectivity index (χ2v) is 7.52. The summed E-state index contributed by atoms with van der Waals surface area (Å²) in [4.78, 5) is 29.9. The van der Waals surface area contributed by atoms with E-state index in [1.165, 1.54) is 19.3 Å². The first-order chi connectivity index (χ1) is 13.7. The van der Waals surface area contributed by atoms with Crippen molar-refractivity contribution >= 4 is 12.4 Å². The van der Waals surface area contributed by atoms with E-state index in [0.29, 0.717) is 13.2 Å². The summed E-state index contributed by atoms with van der Waals surface area (Å²) in [5, 5.41) is 6.89. The summed E-state index contributed by atoms with van der Waals surface area (Å²) in [6.07, 6.45) is 12.9. The molecule has 152 valence electrons. The summed E-state index contributed by atoms with van der Waals surface area (Å²) in [5.41, 5.74) is 0.727. The number of morpholine rings is 1. The molecule has 0 aromatic carbocycles. The number of carbonyl (C=O) groups is 2. The van der Waals surface area contributed by atoms with Crippen molar-refractivity contribution in [2.75, 3.05) is 32.8 Å². The molecule has 2 fully saturated rings. The van der Waals surface area contributed by atoms with Gasteiger partial charge in [0.2, 0.25) is 0 Å². The fraction of sp³-hybridized carbons (Fsp3) is 0.571. The van der Waals surface area contributed by atoms with Crippen molar-refractivity contribution in [3.63, 3.8) is 0 Å². The molecule has 0 bridgehead atoms. The van der Waals surface area contributed by atoms with Crippen LogP contribution >= 0.6 is 0 Å². The normalized spacial score (nSPS) is 27.3. The number of rotatable bonds is 3. The standard InChI is InChI=1S/C20H27N3O2.CH2O2/c24-20(17-6-9-21-10-7-17)23-12-13-25-19-8-11-22(15-18(19)23)14-16-4-2-1-3-5-16;2-1-3/h1-2,6-7,9-10,16,18-19H,3-5,8,11-15H2;1H,(H,2,3)/t16?,18-,19-;/m0./s1. The van der Waals surface area contributed by atoms with E-state index in [1.807, 2.05) is 17.0 Å². The largest absolute Gasteiger partial charge is 0.483 e. The molecule has 7 heteroatoms. The molecule has 2 saturated heterocycles. The maximum Gasteiger partial charge on any atom is 0.290 e. The van der Waals surface area contributed by atoms with Crippen LogP contribution in [0.2, 0.25) is 0 Å². The number of piperidine rings is 1. The van der Waals surface area contributed by atoms with Gasteiger partial charge in [0.1, 0.15) is 0 Å². The predicted molar refractivity (Wildman–Crippen MR) is 105 cm³/mol. The minimum absolute atomic E-state index is 0.114. The average Bonchev–Trinajstić information content (AvgIpc) is 2.75. The Morgan fingerprint density at radius 3 is 2.75 bits per heavy atom. The van der Waals surface area contributed by atoms with Crippen LogP contribution in [0.1, 0.15) is 36.0 Å². The lowest BCUT2D eigenvalue weighted by Crippen LogP contribution is -2.61. The zero-order valence-electron chi connectivity index (χ0n) is 16.2.